The van der Waals surface area contributed by atoms with E-state index in [9.17, 15) is 19.2 Å². The summed E-state index contributed by atoms with van der Waals surface area (Å²) in [6.45, 7) is 4.78. The number of hydrogen-bond donors (Lipinski definition) is 0. The molecule has 3 aromatic rings. The fourth-order valence-corrected chi connectivity index (χ4v) is 4.25. The first-order valence-electron chi connectivity index (χ1n) is 12.0. The minimum absolute atomic E-state index is 0.0367. The minimum atomic E-state index is -1.38. The summed E-state index contributed by atoms with van der Waals surface area (Å²) in [5.74, 6) is -1.00. The molecule has 2 aliphatic carbocycles. The topological polar surface area (TPSA) is 136 Å². The molecule has 0 atom stereocenters. The summed E-state index contributed by atoms with van der Waals surface area (Å²) in [6, 6.07) is 13.2. The van der Waals surface area contributed by atoms with Crippen molar-refractivity contribution < 1.29 is 28.7 Å². The Morgan fingerprint density at radius 2 is 0.868 bits per heavy atom. The smallest absolute Gasteiger partial charge is 0.197 e. The van der Waals surface area contributed by atoms with E-state index in [0.29, 0.717) is 36.1 Å². The zero-order chi connectivity index (χ0) is 26.8. The number of ether oxygens (including phenoxy) is 2. The molecule has 0 radical (unpaired) electrons. The van der Waals surface area contributed by atoms with E-state index in [0.717, 1.165) is 0 Å². The van der Waals surface area contributed by atoms with Crippen LogP contribution in [0.5, 0.6) is 11.5 Å². The number of ketones is 4. The Bertz CT molecular complexity index is 1340. The van der Waals surface area contributed by atoms with Gasteiger partial charge in [0.2, 0.25) is 0 Å². The summed E-state index contributed by atoms with van der Waals surface area (Å²) in [7, 11) is 0. The first kappa shape index (κ1) is 24.8. The van der Waals surface area contributed by atoms with Gasteiger partial charge in [0.1, 0.15) is 11.5 Å². The molecular formula is C28H22N4O6. The summed E-state index contributed by atoms with van der Waals surface area (Å²) < 4.78 is 10.8. The standard InChI is InChI=1S/C28H22N4O6/c1-3-37-17-9-5-15(6-10-17)29-31-23-25(33)19-13-21-22(14-20(19)26(23)34)28(36)24(27(21)35)32-30-16-7-11-18(12-8-16)38-4-2/h5-14,23-24H,3-4H2,1-2H3. The number of carbonyl (C=O) groups excluding carboxylic acids is 4. The summed E-state index contributed by atoms with van der Waals surface area (Å²) in [6.07, 6.45) is 0. The van der Waals surface area contributed by atoms with Crippen LogP contribution in [-0.4, -0.2) is 48.4 Å². The number of fused-ring (bicyclic) bond motifs is 2. The maximum atomic E-state index is 13.0. The van der Waals surface area contributed by atoms with Crippen LogP contribution in [-0.2, 0) is 0 Å². The van der Waals surface area contributed by atoms with Gasteiger partial charge < -0.3 is 9.47 Å². The quantitative estimate of drug-likeness (QED) is 0.288. The van der Waals surface area contributed by atoms with Gasteiger partial charge in [0.15, 0.2) is 35.2 Å². The summed E-state index contributed by atoms with van der Waals surface area (Å²) in [4.78, 5) is 51.9. The largest absolute Gasteiger partial charge is 0.494 e. The molecule has 10 nitrogen and oxygen atoms in total. The number of azo groups is 2. The Labute approximate surface area is 217 Å². The Hall–Kier alpha value is -4.86. The maximum absolute atomic E-state index is 13.0. The highest BCUT2D eigenvalue weighted by molar-refractivity contribution is 6.34. The van der Waals surface area contributed by atoms with Crippen molar-refractivity contribution in [3.05, 3.63) is 82.9 Å². The van der Waals surface area contributed by atoms with Crippen molar-refractivity contribution in [2.75, 3.05) is 13.2 Å². The van der Waals surface area contributed by atoms with Crippen LogP contribution >= 0.6 is 0 Å². The van der Waals surface area contributed by atoms with Crippen LogP contribution in [0, 0.1) is 0 Å². The summed E-state index contributed by atoms with van der Waals surface area (Å²) >= 11 is 0. The van der Waals surface area contributed by atoms with E-state index in [1.807, 2.05) is 13.8 Å². The van der Waals surface area contributed by atoms with Gasteiger partial charge in [0.05, 0.1) is 24.6 Å². The number of nitrogens with zero attached hydrogens (tertiary/aromatic N) is 4. The Morgan fingerprint density at radius 1 is 0.553 bits per heavy atom. The predicted molar refractivity (Wildman–Crippen MR) is 136 cm³/mol. The monoisotopic (exact) mass is 510 g/mol. The minimum Gasteiger partial charge on any atom is -0.494 e. The average Bonchev–Trinajstić information content (AvgIpc) is 3.30. The van der Waals surface area contributed by atoms with Crippen LogP contribution in [0.2, 0.25) is 0 Å². The molecule has 0 spiro atoms. The molecule has 0 fully saturated rings. The van der Waals surface area contributed by atoms with Gasteiger partial charge in [-0.1, -0.05) is 0 Å². The van der Waals surface area contributed by atoms with Crippen molar-refractivity contribution in [1.82, 2.24) is 0 Å². The van der Waals surface area contributed by atoms with E-state index in [4.69, 9.17) is 9.47 Å². The second kappa shape index (κ2) is 10.3. The average molecular weight is 511 g/mol. The van der Waals surface area contributed by atoms with E-state index in [1.54, 1.807) is 48.5 Å². The van der Waals surface area contributed by atoms with E-state index in [2.05, 4.69) is 20.5 Å². The predicted octanol–water partition coefficient (Wildman–Crippen LogP) is 5.55. The van der Waals surface area contributed by atoms with Gasteiger partial charge in [0, 0.05) is 22.3 Å². The van der Waals surface area contributed by atoms with E-state index < -0.39 is 35.2 Å². The van der Waals surface area contributed by atoms with Crippen LogP contribution in [0.1, 0.15) is 55.3 Å². The highest BCUT2D eigenvalue weighted by Gasteiger charge is 2.45. The van der Waals surface area contributed by atoms with Crippen molar-refractivity contribution >= 4 is 34.5 Å². The third kappa shape index (κ3) is 4.52. The van der Waals surface area contributed by atoms with E-state index in [-0.39, 0.29) is 22.3 Å². The first-order chi connectivity index (χ1) is 18.4. The van der Waals surface area contributed by atoms with E-state index in [1.165, 1.54) is 12.1 Å². The maximum Gasteiger partial charge on any atom is 0.197 e. The Kier molecular flexibility index (Phi) is 6.69. The fourth-order valence-electron chi connectivity index (χ4n) is 4.25. The zero-order valence-corrected chi connectivity index (χ0v) is 20.6. The highest BCUT2D eigenvalue weighted by Crippen LogP contribution is 2.34. The second-order valence-corrected chi connectivity index (χ2v) is 8.49. The normalized spacial score (nSPS) is 15.6. The van der Waals surface area contributed by atoms with Gasteiger partial charge in [-0.25, -0.2) is 0 Å². The number of hydrogen-bond acceptors (Lipinski definition) is 10. The van der Waals surface area contributed by atoms with Crippen molar-refractivity contribution in [2.45, 2.75) is 25.9 Å². The number of Topliss-reactive ketones (excluding diaryl/α,β-unsaturated/α-hetero) is 4. The Balaban J connectivity index is 1.35. The van der Waals surface area contributed by atoms with Crippen molar-refractivity contribution in [3.63, 3.8) is 0 Å². The molecule has 0 aliphatic heterocycles. The number of benzene rings is 3. The molecule has 0 aromatic heterocycles. The van der Waals surface area contributed by atoms with Gasteiger partial charge in [-0.05, 0) is 74.5 Å². The van der Waals surface area contributed by atoms with Gasteiger partial charge in [-0.15, -0.1) is 0 Å². The molecule has 0 heterocycles. The van der Waals surface area contributed by atoms with Crippen LogP contribution in [0.3, 0.4) is 0 Å². The lowest BCUT2D eigenvalue weighted by Crippen LogP contribution is -2.20. The van der Waals surface area contributed by atoms with Crippen LogP contribution < -0.4 is 9.47 Å². The lowest BCUT2D eigenvalue weighted by molar-refractivity contribution is 0.0879. The molecule has 0 amide bonds. The zero-order valence-electron chi connectivity index (χ0n) is 20.6. The van der Waals surface area contributed by atoms with Crippen LogP contribution in [0.25, 0.3) is 0 Å². The molecule has 0 saturated carbocycles. The lowest BCUT2D eigenvalue weighted by atomic mass is 10.0. The highest BCUT2D eigenvalue weighted by atomic mass is 16.5. The number of carbonyl (C=O) groups is 4. The summed E-state index contributed by atoms with van der Waals surface area (Å²) in [5, 5.41) is 16.0. The van der Waals surface area contributed by atoms with Crippen LogP contribution in [0.15, 0.2) is 81.1 Å². The van der Waals surface area contributed by atoms with Gasteiger partial charge in [0.25, 0.3) is 0 Å². The van der Waals surface area contributed by atoms with Gasteiger partial charge in [-0.3, -0.25) is 19.2 Å². The fraction of sp³-hybridized carbons (Fsp3) is 0.214. The molecule has 10 heteroatoms. The van der Waals surface area contributed by atoms with Crippen molar-refractivity contribution in [1.29, 1.82) is 0 Å². The summed E-state index contributed by atoms with van der Waals surface area (Å²) in [5.41, 5.74) is 1.03. The molecule has 5 rings (SSSR count). The molecule has 38 heavy (non-hydrogen) atoms. The van der Waals surface area contributed by atoms with Gasteiger partial charge >= 0.3 is 0 Å². The first-order valence-corrected chi connectivity index (χ1v) is 12.0. The molecule has 0 saturated heterocycles. The van der Waals surface area contributed by atoms with Crippen LogP contribution in [0.4, 0.5) is 11.4 Å². The molecule has 0 bridgehead atoms. The molecule has 2 aliphatic rings. The molecule has 0 N–H and O–H groups in total. The second-order valence-electron chi connectivity index (χ2n) is 8.49. The Morgan fingerprint density at radius 3 is 1.16 bits per heavy atom. The molecule has 3 aromatic carbocycles. The SMILES string of the molecule is CCOc1ccc(N=NC2C(=O)c3cc4c(cc3C2=O)C(=O)C(N=Nc2ccc(OCC)cc2)C4=O)cc1. The molecule has 0 unspecified atom stereocenters. The van der Waals surface area contributed by atoms with E-state index >= 15 is 0 Å². The van der Waals surface area contributed by atoms with Crippen molar-refractivity contribution in [3.8, 4) is 11.5 Å². The third-order valence-corrected chi connectivity index (χ3v) is 6.09. The number of rotatable bonds is 8. The third-order valence-electron chi connectivity index (χ3n) is 6.09. The molecule has 190 valence electrons. The lowest BCUT2D eigenvalue weighted by Gasteiger charge is -2.02. The van der Waals surface area contributed by atoms with Crippen molar-refractivity contribution in [2.24, 2.45) is 20.5 Å². The molecular weight excluding hydrogens is 488 g/mol. The van der Waals surface area contributed by atoms with Gasteiger partial charge in [-0.2, -0.15) is 20.5 Å².